The van der Waals surface area contributed by atoms with Crippen molar-refractivity contribution < 1.29 is 9.59 Å². The molecule has 6 aromatic carbocycles. The number of fused-ring (bicyclic) bond motifs is 5. The molecule has 0 amide bonds. The fourth-order valence-corrected chi connectivity index (χ4v) is 4.21. The number of ketones is 2. The molecule has 0 atom stereocenters. The fraction of sp³-hybridized carbons (Fsp3) is 0. The average molecular weight is 439 g/mol. The largest absolute Gasteiger partial charge is 0.285 e. The van der Waals surface area contributed by atoms with Crippen LogP contribution in [0.4, 0.5) is 0 Å². The van der Waals surface area contributed by atoms with E-state index in [2.05, 4.69) is 72.8 Å². The number of hydrogen-bond donors (Lipinski definition) is 0. The summed E-state index contributed by atoms with van der Waals surface area (Å²) in [5, 5.41) is 7.96. The summed E-state index contributed by atoms with van der Waals surface area (Å²) < 4.78 is 0. The lowest BCUT2D eigenvalue weighted by atomic mass is 9.97. The molecule has 6 rings (SSSR count). The Morgan fingerprint density at radius 3 is 1.09 bits per heavy atom. The van der Waals surface area contributed by atoms with Gasteiger partial charge in [-0.05, 0) is 32.3 Å². The third-order valence-corrected chi connectivity index (χ3v) is 5.93. The average Bonchev–Trinajstić information content (AvgIpc) is 2.93. The zero-order valence-corrected chi connectivity index (χ0v) is 18.5. The van der Waals surface area contributed by atoms with Gasteiger partial charge in [-0.15, -0.1) is 0 Å². The van der Waals surface area contributed by atoms with Gasteiger partial charge in [-0.1, -0.05) is 133 Å². The zero-order valence-electron chi connectivity index (χ0n) is 18.5. The number of carbonyl (C=O) groups excluding carboxylic acids is 2. The zero-order chi connectivity index (χ0) is 23.3. The molecule has 34 heavy (non-hydrogen) atoms. The molecule has 0 spiro atoms. The molecule has 0 aliphatic heterocycles. The third-order valence-electron chi connectivity index (χ3n) is 5.93. The highest BCUT2D eigenvalue weighted by Gasteiger charge is 2.17. The predicted molar refractivity (Wildman–Crippen MR) is 141 cm³/mol. The minimum atomic E-state index is -0.466. The van der Waals surface area contributed by atoms with Crippen LogP contribution in [0.5, 0.6) is 0 Å². The lowest BCUT2D eigenvalue weighted by Crippen LogP contribution is -2.14. The van der Waals surface area contributed by atoms with E-state index >= 15 is 0 Å². The highest BCUT2D eigenvalue weighted by Crippen LogP contribution is 2.30. The monoisotopic (exact) mass is 438 g/mol. The maximum atomic E-state index is 11.8. The highest BCUT2D eigenvalue weighted by molar-refractivity contribution is 6.49. The van der Waals surface area contributed by atoms with Crippen molar-refractivity contribution in [3.05, 3.63) is 145 Å². The van der Waals surface area contributed by atoms with Gasteiger partial charge < -0.3 is 0 Å². The van der Waals surface area contributed by atoms with Crippen molar-refractivity contribution in [2.45, 2.75) is 0 Å². The lowest BCUT2D eigenvalue weighted by Gasteiger charge is -2.07. The molecule has 0 aromatic heterocycles. The molecule has 0 radical (unpaired) electrons. The van der Waals surface area contributed by atoms with E-state index in [0.29, 0.717) is 11.1 Å². The summed E-state index contributed by atoms with van der Waals surface area (Å²) in [6, 6.07) is 43.2. The van der Waals surface area contributed by atoms with E-state index in [1.165, 1.54) is 32.3 Å². The molecule has 0 bridgehead atoms. The molecule has 0 heterocycles. The number of rotatable bonds is 3. The lowest BCUT2D eigenvalue weighted by molar-refractivity contribution is 0.0817. The Bertz CT molecular complexity index is 1490. The van der Waals surface area contributed by atoms with E-state index in [-0.39, 0.29) is 0 Å². The van der Waals surface area contributed by atoms with E-state index in [1.807, 2.05) is 12.1 Å². The number of hydrogen-bond acceptors (Lipinski definition) is 2. The maximum absolute atomic E-state index is 11.8. The van der Waals surface area contributed by atoms with E-state index < -0.39 is 11.6 Å². The minimum absolute atomic E-state index is 0.427. The minimum Gasteiger partial charge on any atom is -0.285 e. The van der Waals surface area contributed by atoms with Crippen molar-refractivity contribution in [1.29, 1.82) is 0 Å². The smallest absolute Gasteiger partial charge is 0.233 e. The van der Waals surface area contributed by atoms with Crippen molar-refractivity contribution in [2.24, 2.45) is 0 Å². The Morgan fingerprint density at radius 2 is 0.676 bits per heavy atom. The van der Waals surface area contributed by atoms with Crippen LogP contribution in [-0.2, 0) is 0 Å². The topological polar surface area (TPSA) is 34.1 Å². The van der Waals surface area contributed by atoms with Crippen LogP contribution >= 0.6 is 0 Å². The summed E-state index contributed by atoms with van der Waals surface area (Å²) in [5.74, 6) is -0.932. The first-order valence-corrected chi connectivity index (χ1v) is 11.2. The Kier molecular flexibility index (Phi) is 5.96. The predicted octanol–water partition coefficient (Wildman–Crippen LogP) is 7.90. The van der Waals surface area contributed by atoms with Crippen LogP contribution in [-0.4, -0.2) is 11.6 Å². The number of Topliss-reactive ketones (excluding diaryl/α,β-unsaturated/α-hetero) is 2. The normalized spacial score (nSPS) is 10.6. The quantitative estimate of drug-likeness (QED) is 0.160. The van der Waals surface area contributed by atoms with Gasteiger partial charge in [0, 0.05) is 11.1 Å². The van der Waals surface area contributed by atoms with Gasteiger partial charge in [-0.2, -0.15) is 0 Å². The Labute approximate surface area is 198 Å². The molecule has 2 heteroatoms. The van der Waals surface area contributed by atoms with Gasteiger partial charge >= 0.3 is 0 Å². The number of benzene rings is 6. The van der Waals surface area contributed by atoms with Gasteiger partial charge in [0.15, 0.2) is 0 Å². The van der Waals surface area contributed by atoms with Crippen LogP contribution in [0.15, 0.2) is 133 Å². The summed E-state index contributed by atoms with van der Waals surface area (Å²) in [4.78, 5) is 23.6. The van der Waals surface area contributed by atoms with Crippen LogP contribution in [0.25, 0.3) is 32.3 Å². The Morgan fingerprint density at radius 1 is 0.324 bits per heavy atom. The van der Waals surface area contributed by atoms with Gasteiger partial charge in [-0.3, -0.25) is 9.59 Å². The summed E-state index contributed by atoms with van der Waals surface area (Å²) in [6.07, 6.45) is 0. The van der Waals surface area contributed by atoms with Gasteiger partial charge in [0.1, 0.15) is 0 Å². The van der Waals surface area contributed by atoms with Crippen LogP contribution in [0.3, 0.4) is 0 Å². The SMILES string of the molecule is O=C(C(=O)c1ccccc1)c1ccccc1.c1ccc2c(c1)ccc1c3ccccc3ccc21. The first-order chi connectivity index (χ1) is 16.7. The molecule has 6 aromatic rings. The molecule has 2 nitrogen and oxygen atoms in total. The second-order valence-electron chi connectivity index (χ2n) is 8.06. The molecule has 0 aliphatic carbocycles. The molecule has 0 saturated carbocycles. The van der Waals surface area contributed by atoms with Crippen molar-refractivity contribution in [1.82, 2.24) is 0 Å². The molecule has 0 saturated heterocycles. The summed E-state index contributed by atoms with van der Waals surface area (Å²) in [7, 11) is 0. The van der Waals surface area contributed by atoms with Crippen molar-refractivity contribution in [3.8, 4) is 0 Å². The van der Waals surface area contributed by atoms with E-state index in [4.69, 9.17) is 0 Å². The van der Waals surface area contributed by atoms with Gasteiger partial charge in [0.25, 0.3) is 0 Å². The van der Waals surface area contributed by atoms with Crippen molar-refractivity contribution >= 4 is 43.9 Å². The molecule has 0 N–H and O–H groups in total. The molecule has 162 valence electrons. The second-order valence-corrected chi connectivity index (χ2v) is 8.06. The standard InChI is InChI=1S/C18H12.C14H10O2/c1-3-7-15-13(5-1)9-11-18-16-8-4-2-6-14(16)10-12-17(15)18;15-13(11-7-3-1-4-8-11)14(16)12-9-5-2-6-10-12/h1-12H;1-10H. The van der Waals surface area contributed by atoms with Crippen LogP contribution in [0.2, 0.25) is 0 Å². The van der Waals surface area contributed by atoms with Crippen LogP contribution in [0, 0.1) is 0 Å². The van der Waals surface area contributed by atoms with Crippen molar-refractivity contribution in [2.75, 3.05) is 0 Å². The van der Waals surface area contributed by atoms with Crippen LogP contribution in [0.1, 0.15) is 20.7 Å². The molecule has 0 unspecified atom stereocenters. The highest BCUT2D eigenvalue weighted by atomic mass is 16.2. The third kappa shape index (κ3) is 4.22. The molecular weight excluding hydrogens is 416 g/mol. The van der Waals surface area contributed by atoms with E-state index in [1.54, 1.807) is 48.5 Å². The number of carbonyl (C=O) groups is 2. The second kappa shape index (κ2) is 9.51. The maximum Gasteiger partial charge on any atom is 0.233 e. The first-order valence-electron chi connectivity index (χ1n) is 11.2. The summed E-state index contributed by atoms with van der Waals surface area (Å²) in [6.45, 7) is 0. The summed E-state index contributed by atoms with van der Waals surface area (Å²) >= 11 is 0. The molecule has 0 fully saturated rings. The summed E-state index contributed by atoms with van der Waals surface area (Å²) in [5.41, 5.74) is 0.854. The Balaban J connectivity index is 0.000000143. The first kappa shape index (κ1) is 21.3. The van der Waals surface area contributed by atoms with Gasteiger partial charge in [0.05, 0.1) is 0 Å². The van der Waals surface area contributed by atoms with Gasteiger partial charge in [0.2, 0.25) is 11.6 Å². The van der Waals surface area contributed by atoms with E-state index in [0.717, 1.165) is 0 Å². The van der Waals surface area contributed by atoms with Crippen LogP contribution < -0.4 is 0 Å². The fourth-order valence-electron chi connectivity index (χ4n) is 4.21. The van der Waals surface area contributed by atoms with E-state index in [9.17, 15) is 9.59 Å². The molecular formula is C32H22O2. The molecule has 0 aliphatic rings. The van der Waals surface area contributed by atoms with Crippen molar-refractivity contribution in [3.63, 3.8) is 0 Å². The van der Waals surface area contributed by atoms with Gasteiger partial charge in [-0.25, -0.2) is 0 Å². The Hall–Kier alpha value is -4.56.